The molecule has 1 aliphatic rings. The van der Waals surface area contributed by atoms with E-state index < -0.39 is 42.2 Å². The maximum atomic E-state index is 13.6. The molecule has 3 aromatic rings. The summed E-state index contributed by atoms with van der Waals surface area (Å²) in [7, 11) is 0. The summed E-state index contributed by atoms with van der Waals surface area (Å²) in [6.07, 6.45) is 2.42. The molecule has 0 aliphatic heterocycles. The Morgan fingerprint density at radius 3 is 2.63 bits per heavy atom. The lowest BCUT2D eigenvalue weighted by molar-refractivity contribution is -0.144. The van der Waals surface area contributed by atoms with Crippen LogP contribution in [0.1, 0.15) is 27.9 Å². The number of ketones is 1. The molecule has 1 heterocycles. The van der Waals surface area contributed by atoms with Crippen molar-refractivity contribution in [3.63, 3.8) is 0 Å². The van der Waals surface area contributed by atoms with Gasteiger partial charge in [0.05, 0.1) is 5.56 Å². The molecule has 30 heavy (non-hydrogen) atoms. The smallest absolute Gasteiger partial charge is 0.344 e. The van der Waals surface area contributed by atoms with Gasteiger partial charge in [-0.15, -0.1) is 0 Å². The largest absolute Gasteiger partial charge is 0.482 e. The molecular formula is C22H16F2O6. The van der Waals surface area contributed by atoms with Crippen molar-refractivity contribution < 1.29 is 32.3 Å². The Morgan fingerprint density at radius 1 is 1.00 bits per heavy atom. The van der Waals surface area contributed by atoms with Crippen LogP contribution >= 0.6 is 0 Å². The monoisotopic (exact) mass is 414 g/mol. The maximum Gasteiger partial charge on any atom is 0.344 e. The van der Waals surface area contributed by atoms with Gasteiger partial charge in [-0.2, -0.15) is 0 Å². The Morgan fingerprint density at radius 2 is 1.80 bits per heavy atom. The van der Waals surface area contributed by atoms with Gasteiger partial charge in [-0.05, 0) is 55.2 Å². The van der Waals surface area contributed by atoms with Crippen molar-refractivity contribution >= 4 is 22.7 Å². The number of esters is 1. The van der Waals surface area contributed by atoms with Gasteiger partial charge >= 0.3 is 11.6 Å². The molecule has 1 aromatic heterocycles. The molecule has 0 radical (unpaired) electrons. The lowest BCUT2D eigenvalue weighted by Gasteiger charge is -2.09. The first-order chi connectivity index (χ1) is 14.4. The van der Waals surface area contributed by atoms with Crippen LogP contribution in [0.15, 0.2) is 45.6 Å². The second-order valence-corrected chi connectivity index (χ2v) is 6.85. The molecule has 2 aromatic carbocycles. The van der Waals surface area contributed by atoms with E-state index in [0.717, 1.165) is 42.0 Å². The normalized spacial score (nSPS) is 12.6. The number of hydrogen-bond acceptors (Lipinski definition) is 6. The van der Waals surface area contributed by atoms with E-state index in [0.29, 0.717) is 17.6 Å². The molecule has 0 saturated heterocycles. The zero-order valence-corrected chi connectivity index (χ0v) is 15.7. The molecule has 0 spiro atoms. The second-order valence-electron chi connectivity index (χ2n) is 6.85. The zero-order valence-electron chi connectivity index (χ0n) is 15.7. The highest BCUT2D eigenvalue weighted by Gasteiger charge is 2.20. The summed E-state index contributed by atoms with van der Waals surface area (Å²) in [6.45, 7) is -1.26. The summed E-state index contributed by atoms with van der Waals surface area (Å²) in [4.78, 5) is 35.8. The molecule has 8 heteroatoms. The minimum atomic E-state index is -0.905. The second kappa shape index (κ2) is 8.06. The highest BCUT2D eigenvalue weighted by molar-refractivity contribution is 5.98. The topological polar surface area (TPSA) is 82.8 Å². The molecule has 154 valence electrons. The molecule has 0 atom stereocenters. The number of carbonyl (C=O) groups excluding carboxylic acids is 2. The molecular weight excluding hydrogens is 398 g/mol. The van der Waals surface area contributed by atoms with Crippen molar-refractivity contribution in [3.05, 3.63) is 75.1 Å². The lowest BCUT2D eigenvalue weighted by atomic mass is 10.1. The van der Waals surface area contributed by atoms with Gasteiger partial charge in [-0.1, -0.05) is 0 Å². The molecule has 4 rings (SSSR count). The summed E-state index contributed by atoms with van der Waals surface area (Å²) in [5.74, 6) is -3.14. The van der Waals surface area contributed by atoms with Gasteiger partial charge in [0.2, 0.25) is 5.78 Å². The van der Waals surface area contributed by atoms with E-state index in [9.17, 15) is 23.2 Å². The molecule has 0 amide bonds. The minimum Gasteiger partial charge on any atom is -0.482 e. The van der Waals surface area contributed by atoms with Crippen LogP contribution in [0.5, 0.6) is 5.75 Å². The zero-order chi connectivity index (χ0) is 21.3. The fourth-order valence-electron chi connectivity index (χ4n) is 3.47. The van der Waals surface area contributed by atoms with E-state index in [1.807, 2.05) is 0 Å². The molecule has 1 aliphatic carbocycles. The first-order valence-corrected chi connectivity index (χ1v) is 9.27. The highest BCUT2D eigenvalue weighted by atomic mass is 19.1. The number of benzene rings is 2. The quantitative estimate of drug-likeness (QED) is 0.350. The fourth-order valence-corrected chi connectivity index (χ4v) is 3.47. The highest BCUT2D eigenvalue weighted by Crippen LogP contribution is 2.29. The number of halogens is 2. The third-order valence-electron chi connectivity index (χ3n) is 4.89. The molecule has 0 saturated carbocycles. The number of aryl methyl sites for hydroxylation is 1. The number of Topliss-reactive ketones (excluding diaryl/α,β-unsaturated/α-hetero) is 1. The van der Waals surface area contributed by atoms with Crippen LogP contribution in [0.25, 0.3) is 11.0 Å². The van der Waals surface area contributed by atoms with Gasteiger partial charge in [0.15, 0.2) is 13.2 Å². The van der Waals surface area contributed by atoms with Gasteiger partial charge in [0.1, 0.15) is 23.0 Å². The van der Waals surface area contributed by atoms with Gasteiger partial charge in [-0.25, -0.2) is 18.4 Å². The predicted octanol–water partition coefficient (Wildman–Crippen LogP) is 3.36. The lowest BCUT2D eigenvalue weighted by Crippen LogP contribution is -2.20. The molecule has 0 N–H and O–H groups in total. The van der Waals surface area contributed by atoms with Crippen molar-refractivity contribution in [3.8, 4) is 5.75 Å². The summed E-state index contributed by atoms with van der Waals surface area (Å²) >= 11 is 0. The Kier molecular flexibility index (Phi) is 5.31. The van der Waals surface area contributed by atoms with E-state index in [2.05, 4.69) is 0 Å². The van der Waals surface area contributed by atoms with E-state index >= 15 is 0 Å². The fraction of sp³-hybridized carbons (Fsp3) is 0.227. The molecule has 0 fully saturated rings. The summed E-state index contributed by atoms with van der Waals surface area (Å²) in [5.41, 5.74) is 1.19. The van der Waals surface area contributed by atoms with Crippen molar-refractivity contribution in [2.24, 2.45) is 0 Å². The first-order valence-electron chi connectivity index (χ1n) is 9.27. The first kappa shape index (κ1) is 19.8. The van der Waals surface area contributed by atoms with Crippen LogP contribution in [0.2, 0.25) is 0 Å². The third kappa shape index (κ3) is 3.94. The maximum absolute atomic E-state index is 13.6. The van der Waals surface area contributed by atoms with E-state index in [-0.39, 0.29) is 11.4 Å². The third-order valence-corrected chi connectivity index (χ3v) is 4.89. The molecule has 0 bridgehead atoms. The van der Waals surface area contributed by atoms with Gasteiger partial charge in [0, 0.05) is 17.0 Å². The van der Waals surface area contributed by atoms with Gasteiger partial charge < -0.3 is 13.9 Å². The number of fused-ring (bicyclic) bond motifs is 3. The number of hydrogen-bond donors (Lipinski definition) is 0. The van der Waals surface area contributed by atoms with E-state index in [4.69, 9.17) is 13.9 Å². The van der Waals surface area contributed by atoms with E-state index in [1.165, 1.54) is 6.07 Å². The standard InChI is InChI=1S/C22H16F2O6/c23-12-4-7-18(24)17(8-12)19(25)10-29-21(26)11-28-13-5-6-15-14-2-1-3-16(14)22(27)30-20(15)9-13/h4-9H,1-3,10-11H2. The Labute approximate surface area is 169 Å². The van der Waals surface area contributed by atoms with Crippen molar-refractivity contribution in [2.45, 2.75) is 19.3 Å². The SMILES string of the molecule is O=C(COc1ccc2c3c(c(=O)oc2c1)CCC3)OCC(=O)c1cc(F)ccc1F. The summed E-state index contributed by atoms with van der Waals surface area (Å²) in [6, 6.07) is 7.35. The number of ether oxygens (including phenoxy) is 2. The van der Waals surface area contributed by atoms with E-state index in [1.54, 1.807) is 12.1 Å². The van der Waals surface area contributed by atoms with Crippen LogP contribution in [0.3, 0.4) is 0 Å². The summed E-state index contributed by atoms with van der Waals surface area (Å²) in [5, 5.41) is 0.833. The van der Waals surface area contributed by atoms with Crippen molar-refractivity contribution in [2.75, 3.05) is 13.2 Å². The van der Waals surface area contributed by atoms with Crippen LogP contribution in [-0.4, -0.2) is 25.0 Å². The van der Waals surface area contributed by atoms with Crippen LogP contribution in [0.4, 0.5) is 8.78 Å². The van der Waals surface area contributed by atoms with Gasteiger partial charge in [0.25, 0.3) is 0 Å². The van der Waals surface area contributed by atoms with Crippen LogP contribution in [-0.2, 0) is 22.4 Å². The van der Waals surface area contributed by atoms with Crippen LogP contribution in [0, 0.1) is 11.6 Å². The van der Waals surface area contributed by atoms with Crippen molar-refractivity contribution in [1.29, 1.82) is 0 Å². The Balaban J connectivity index is 1.37. The minimum absolute atomic E-state index is 0.281. The van der Waals surface area contributed by atoms with Crippen molar-refractivity contribution in [1.82, 2.24) is 0 Å². The average molecular weight is 414 g/mol. The van der Waals surface area contributed by atoms with Gasteiger partial charge in [-0.3, -0.25) is 4.79 Å². The molecule has 6 nitrogen and oxygen atoms in total. The number of carbonyl (C=O) groups is 2. The van der Waals surface area contributed by atoms with Crippen LogP contribution < -0.4 is 10.4 Å². The Hall–Kier alpha value is -3.55. The predicted molar refractivity (Wildman–Crippen MR) is 102 cm³/mol. The molecule has 0 unspecified atom stereocenters. The summed E-state index contributed by atoms with van der Waals surface area (Å²) < 4.78 is 42.2. The average Bonchev–Trinajstić information content (AvgIpc) is 3.23. The number of rotatable bonds is 6. The Bertz CT molecular complexity index is 1210.